The molecule has 94 valence electrons. The van der Waals surface area contributed by atoms with Crippen molar-refractivity contribution in [3.05, 3.63) is 29.8 Å². The third-order valence-electron chi connectivity index (χ3n) is 2.32. The highest BCUT2D eigenvalue weighted by molar-refractivity contribution is 7.90. The first-order chi connectivity index (χ1) is 7.93. The van der Waals surface area contributed by atoms with Crippen LogP contribution in [0, 0.1) is 0 Å². The van der Waals surface area contributed by atoms with Crippen LogP contribution in [-0.4, -0.2) is 20.5 Å². The summed E-state index contributed by atoms with van der Waals surface area (Å²) in [6.07, 6.45) is 2.96. The number of benzene rings is 1. The zero-order chi connectivity index (χ0) is 12.9. The molecule has 0 spiro atoms. The highest BCUT2D eigenvalue weighted by atomic mass is 32.2. The van der Waals surface area contributed by atoms with Gasteiger partial charge in [-0.2, -0.15) is 0 Å². The SMILES string of the molecule is CCCC(N)=NCc1ccc(S(C)(=O)=O)cc1. The number of hydrogen-bond acceptors (Lipinski definition) is 3. The van der Waals surface area contributed by atoms with Gasteiger partial charge in [0.1, 0.15) is 0 Å². The molecule has 0 amide bonds. The molecule has 5 heteroatoms. The van der Waals surface area contributed by atoms with Crippen LogP contribution in [-0.2, 0) is 16.4 Å². The molecule has 0 fully saturated rings. The van der Waals surface area contributed by atoms with Crippen molar-refractivity contribution in [2.75, 3.05) is 6.26 Å². The Bertz CT molecular complexity index is 490. The Kier molecular flexibility index (Phi) is 4.69. The molecule has 0 atom stereocenters. The van der Waals surface area contributed by atoms with E-state index in [2.05, 4.69) is 4.99 Å². The fourth-order valence-electron chi connectivity index (χ4n) is 1.37. The molecule has 0 radical (unpaired) electrons. The maximum Gasteiger partial charge on any atom is 0.175 e. The summed E-state index contributed by atoms with van der Waals surface area (Å²) in [6.45, 7) is 2.54. The number of aliphatic imine (C=N–C) groups is 1. The first-order valence-electron chi connectivity index (χ1n) is 5.51. The molecule has 4 nitrogen and oxygen atoms in total. The number of rotatable bonds is 5. The number of sulfone groups is 1. The van der Waals surface area contributed by atoms with Gasteiger partial charge in [-0.05, 0) is 24.1 Å². The van der Waals surface area contributed by atoms with Crippen molar-refractivity contribution in [1.29, 1.82) is 0 Å². The van der Waals surface area contributed by atoms with Crippen molar-refractivity contribution in [2.45, 2.75) is 31.2 Å². The molecule has 0 aliphatic heterocycles. The van der Waals surface area contributed by atoms with E-state index in [1.165, 1.54) is 6.26 Å². The zero-order valence-electron chi connectivity index (χ0n) is 10.2. The van der Waals surface area contributed by atoms with Crippen molar-refractivity contribution >= 4 is 15.7 Å². The molecule has 17 heavy (non-hydrogen) atoms. The van der Waals surface area contributed by atoms with Crippen molar-refractivity contribution in [1.82, 2.24) is 0 Å². The molecule has 0 bridgehead atoms. The highest BCUT2D eigenvalue weighted by Crippen LogP contribution is 2.11. The van der Waals surface area contributed by atoms with Crippen LogP contribution in [0.2, 0.25) is 0 Å². The molecule has 0 heterocycles. The van der Waals surface area contributed by atoms with Crippen LogP contribution in [0.5, 0.6) is 0 Å². The highest BCUT2D eigenvalue weighted by Gasteiger charge is 2.05. The quantitative estimate of drug-likeness (QED) is 0.642. The van der Waals surface area contributed by atoms with Crippen LogP contribution in [0.15, 0.2) is 34.2 Å². The summed E-state index contributed by atoms with van der Waals surface area (Å²) in [7, 11) is -3.12. The molecule has 1 rings (SSSR count). The number of nitrogens with zero attached hydrogens (tertiary/aromatic N) is 1. The molecule has 2 N–H and O–H groups in total. The summed E-state index contributed by atoms with van der Waals surface area (Å²) in [5.74, 6) is 0.639. The van der Waals surface area contributed by atoms with Gasteiger partial charge in [0.25, 0.3) is 0 Å². The van der Waals surface area contributed by atoms with E-state index in [0.29, 0.717) is 17.3 Å². The summed E-state index contributed by atoms with van der Waals surface area (Å²) < 4.78 is 22.5. The fourth-order valence-corrected chi connectivity index (χ4v) is 2.00. The van der Waals surface area contributed by atoms with E-state index in [9.17, 15) is 8.42 Å². The van der Waals surface area contributed by atoms with Crippen molar-refractivity contribution in [3.63, 3.8) is 0 Å². The minimum absolute atomic E-state index is 0.326. The predicted molar refractivity (Wildman–Crippen MR) is 69.8 cm³/mol. The summed E-state index contributed by atoms with van der Waals surface area (Å²) in [4.78, 5) is 4.55. The Morgan fingerprint density at radius 2 is 1.88 bits per heavy atom. The van der Waals surface area contributed by atoms with Crippen LogP contribution in [0.3, 0.4) is 0 Å². The minimum atomic E-state index is -3.12. The van der Waals surface area contributed by atoms with E-state index < -0.39 is 9.84 Å². The lowest BCUT2D eigenvalue weighted by molar-refractivity contribution is 0.602. The van der Waals surface area contributed by atoms with E-state index in [1.807, 2.05) is 6.92 Å². The van der Waals surface area contributed by atoms with Gasteiger partial charge in [-0.15, -0.1) is 0 Å². The maximum absolute atomic E-state index is 11.2. The molecule has 1 aromatic carbocycles. The second-order valence-corrected chi connectivity index (χ2v) is 5.99. The lowest BCUT2D eigenvalue weighted by Crippen LogP contribution is -2.11. The fraction of sp³-hybridized carbons (Fsp3) is 0.417. The molecule has 0 saturated carbocycles. The summed E-state index contributed by atoms with van der Waals surface area (Å²) >= 11 is 0. The molecule has 0 saturated heterocycles. The third kappa shape index (κ3) is 4.56. The zero-order valence-corrected chi connectivity index (χ0v) is 11.0. The molecule has 0 aromatic heterocycles. The first-order valence-corrected chi connectivity index (χ1v) is 7.40. The molecular weight excluding hydrogens is 236 g/mol. The van der Waals surface area contributed by atoms with E-state index in [1.54, 1.807) is 24.3 Å². The third-order valence-corrected chi connectivity index (χ3v) is 3.45. The lowest BCUT2D eigenvalue weighted by Gasteiger charge is -2.01. The predicted octanol–water partition coefficient (Wildman–Crippen LogP) is 1.75. The molecule has 1 aromatic rings. The van der Waals surface area contributed by atoms with Gasteiger partial charge >= 0.3 is 0 Å². The first kappa shape index (κ1) is 13.7. The normalized spacial score (nSPS) is 12.7. The number of nitrogens with two attached hydrogens (primary N) is 1. The van der Waals surface area contributed by atoms with Gasteiger partial charge in [0.05, 0.1) is 17.3 Å². The van der Waals surface area contributed by atoms with Gasteiger partial charge in [-0.3, -0.25) is 4.99 Å². The van der Waals surface area contributed by atoms with Gasteiger partial charge in [0, 0.05) is 12.7 Å². The lowest BCUT2D eigenvalue weighted by atomic mass is 10.2. The smallest absolute Gasteiger partial charge is 0.175 e. The average molecular weight is 254 g/mol. The molecule has 0 unspecified atom stereocenters. The van der Waals surface area contributed by atoms with Crippen molar-refractivity contribution in [2.24, 2.45) is 10.7 Å². The van der Waals surface area contributed by atoms with Gasteiger partial charge < -0.3 is 5.73 Å². The molecule has 0 aliphatic rings. The van der Waals surface area contributed by atoms with E-state index >= 15 is 0 Å². The van der Waals surface area contributed by atoms with Crippen LogP contribution in [0.1, 0.15) is 25.3 Å². The van der Waals surface area contributed by atoms with Crippen LogP contribution in [0.4, 0.5) is 0 Å². The summed E-state index contributed by atoms with van der Waals surface area (Å²) in [5.41, 5.74) is 6.64. The maximum atomic E-state index is 11.2. The van der Waals surface area contributed by atoms with Crippen LogP contribution < -0.4 is 5.73 Å². The van der Waals surface area contributed by atoms with E-state index in [0.717, 1.165) is 18.4 Å². The largest absolute Gasteiger partial charge is 0.387 e. The van der Waals surface area contributed by atoms with E-state index in [4.69, 9.17) is 5.73 Å². The Balaban J connectivity index is 2.73. The topological polar surface area (TPSA) is 72.5 Å². The second kappa shape index (κ2) is 5.82. The standard InChI is InChI=1S/C12H18N2O2S/c1-3-4-12(13)14-9-10-5-7-11(8-6-10)17(2,15)16/h5-8H,3-4,9H2,1-2H3,(H2,13,14). The van der Waals surface area contributed by atoms with Gasteiger partial charge in [-0.1, -0.05) is 19.1 Å². The van der Waals surface area contributed by atoms with E-state index in [-0.39, 0.29) is 0 Å². The Morgan fingerprint density at radius 1 is 1.29 bits per heavy atom. The Hall–Kier alpha value is -1.36. The van der Waals surface area contributed by atoms with Crippen molar-refractivity contribution < 1.29 is 8.42 Å². The summed E-state index contributed by atoms with van der Waals surface area (Å²) in [6, 6.07) is 6.71. The van der Waals surface area contributed by atoms with Crippen LogP contribution >= 0.6 is 0 Å². The molecule has 0 aliphatic carbocycles. The van der Waals surface area contributed by atoms with Gasteiger partial charge in [0.2, 0.25) is 0 Å². The Morgan fingerprint density at radius 3 is 2.35 bits per heavy atom. The summed E-state index contributed by atoms with van der Waals surface area (Å²) in [5, 5.41) is 0. The van der Waals surface area contributed by atoms with Gasteiger partial charge in [-0.25, -0.2) is 8.42 Å². The van der Waals surface area contributed by atoms with Crippen LogP contribution in [0.25, 0.3) is 0 Å². The number of hydrogen-bond donors (Lipinski definition) is 1. The van der Waals surface area contributed by atoms with Gasteiger partial charge in [0.15, 0.2) is 9.84 Å². The monoisotopic (exact) mass is 254 g/mol. The Labute approximate surface area is 102 Å². The molecular formula is C12H18N2O2S. The minimum Gasteiger partial charge on any atom is -0.387 e. The number of amidine groups is 1. The average Bonchev–Trinajstić information content (AvgIpc) is 2.26. The van der Waals surface area contributed by atoms with Crippen molar-refractivity contribution in [3.8, 4) is 0 Å². The second-order valence-electron chi connectivity index (χ2n) is 3.97.